The molecule has 2 saturated heterocycles. The Bertz CT molecular complexity index is 362. The molecule has 0 aromatic carbocycles. The van der Waals surface area contributed by atoms with Crippen molar-refractivity contribution in [3.05, 3.63) is 0 Å². The van der Waals surface area contributed by atoms with E-state index in [1.807, 2.05) is 6.92 Å². The molecule has 19 heavy (non-hydrogen) atoms. The second-order valence-corrected chi connectivity index (χ2v) is 5.98. The lowest BCUT2D eigenvalue weighted by molar-refractivity contribution is -0.156. The predicted molar refractivity (Wildman–Crippen MR) is 71.6 cm³/mol. The van der Waals surface area contributed by atoms with Gasteiger partial charge in [-0.25, -0.2) is 0 Å². The lowest BCUT2D eigenvalue weighted by atomic mass is 9.94. The third-order valence-corrected chi connectivity index (χ3v) is 3.97. The van der Waals surface area contributed by atoms with E-state index < -0.39 is 5.54 Å². The smallest absolute Gasteiger partial charge is 0.248 e. The number of hydrogen-bond acceptors (Lipinski definition) is 3. The van der Waals surface area contributed by atoms with Crippen LogP contribution in [0.15, 0.2) is 0 Å². The molecule has 0 aliphatic carbocycles. The Hall–Kier alpha value is -1.10. The summed E-state index contributed by atoms with van der Waals surface area (Å²) in [6, 6.07) is -0.356. The van der Waals surface area contributed by atoms with Crippen molar-refractivity contribution in [3.8, 4) is 0 Å². The predicted octanol–water partition coefficient (Wildman–Crippen LogP) is 1.07. The molecule has 5 nitrogen and oxygen atoms in total. The summed E-state index contributed by atoms with van der Waals surface area (Å²) in [6.07, 6.45) is 3.92. The Labute approximate surface area is 114 Å². The maximum atomic E-state index is 12.5. The van der Waals surface area contributed by atoms with Crippen molar-refractivity contribution in [1.29, 1.82) is 0 Å². The van der Waals surface area contributed by atoms with Gasteiger partial charge < -0.3 is 15.0 Å². The number of carbonyl (C=O) groups is 2. The SMILES string of the molecule is CCC1C(=O)NC(C)(C)C(=O)N1CC1CCCCO1. The van der Waals surface area contributed by atoms with Crippen LogP contribution in [0.4, 0.5) is 0 Å². The molecule has 0 spiro atoms. The van der Waals surface area contributed by atoms with Gasteiger partial charge in [0.15, 0.2) is 0 Å². The van der Waals surface area contributed by atoms with Gasteiger partial charge in [-0.15, -0.1) is 0 Å². The van der Waals surface area contributed by atoms with Crippen LogP contribution in [0.5, 0.6) is 0 Å². The molecule has 0 bridgehead atoms. The van der Waals surface area contributed by atoms with Crippen LogP contribution in [0.2, 0.25) is 0 Å². The summed E-state index contributed by atoms with van der Waals surface area (Å²) < 4.78 is 5.70. The molecular formula is C14H24N2O3. The molecule has 0 aromatic heterocycles. The van der Waals surface area contributed by atoms with Gasteiger partial charge in [-0.1, -0.05) is 6.92 Å². The lowest BCUT2D eigenvalue weighted by Crippen LogP contribution is -2.68. The summed E-state index contributed by atoms with van der Waals surface area (Å²) in [5.41, 5.74) is -0.808. The number of hydrogen-bond donors (Lipinski definition) is 1. The molecule has 0 aromatic rings. The fourth-order valence-corrected chi connectivity index (χ4v) is 2.87. The maximum Gasteiger partial charge on any atom is 0.248 e. The van der Waals surface area contributed by atoms with Crippen LogP contribution in [0.1, 0.15) is 46.5 Å². The summed E-state index contributed by atoms with van der Waals surface area (Å²) >= 11 is 0. The van der Waals surface area contributed by atoms with Crippen molar-refractivity contribution in [1.82, 2.24) is 10.2 Å². The van der Waals surface area contributed by atoms with Gasteiger partial charge in [0.25, 0.3) is 0 Å². The van der Waals surface area contributed by atoms with E-state index in [1.165, 1.54) is 0 Å². The Balaban J connectivity index is 2.12. The van der Waals surface area contributed by atoms with E-state index in [9.17, 15) is 9.59 Å². The van der Waals surface area contributed by atoms with Crippen molar-refractivity contribution >= 4 is 11.8 Å². The molecule has 0 radical (unpaired) electrons. The highest BCUT2D eigenvalue weighted by Crippen LogP contribution is 2.23. The van der Waals surface area contributed by atoms with Gasteiger partial charge in [-0.3, -0.25) is 9.59 Å². The minimum Gasteiger partial charge on any atom is -0.376 e. The summed E-state index contributed by atoms with van der Waals surface area (Å²) in [5.74, 6) is -0.0592. The number of ether oxygens (including phenoxy) is 1. The Morgan fingerprint density at radius 1 is 1.37 bits per heavy atom. The maximum absolute atomic E-state index is 12.5. The van der Waals surface area contributed by atoms with Gasteiger partial charge in [-0.2, -0.15) is 0 Å². The van der Waals surface area contributed by atoms with Crippen LogP contribution in [0, 0.1) is 0 Å². The number of nitrogens with zero attached hydrogens (tertiary/aromatic N) is 1. The van der Waals surface area contributed by atoms with Crippen molar-refractivity contribution in [3.63, 3.8) is 0 Å². The number of rotatable bonds is 3. The Morgan fingerprint density at radius 3 is 2.68 bits per heavy atom. The summed E-state index contributed by atoms with van der Waals surface area (Å²) in [7, 11) is 0. The second-order valence-electron chi connectivity index (χ2n) is 5.98. The average Bonchev–Trinajstić information content (AvgIpc) is 2.37. The summed E-state index contributed by atoms with van der Waals surface area (Å²) in [4.78, 5) is 26.3. The molecule has 1 N–H and O–H groups in total. The first-order valence-electron chi connectivity index (χ1n) is 7.20. The molecule has 2 heterocycles. The first-order valence-corrected chi connectivity index (χ1v) is 7.20. The molecule has 2 amide bonds. The molecule has 5 heteroatoms. The third kappa shape index (κ3) is 2.91. The van der Waals surface area contributed by atoms with Gasteiger partial charge in [-0.05, 0) is 39.5 Å². The molecule has 0 saturated carbocycles. The Kier molecular flexibility index (Phi) is 4.13. The van der Waals surface area contributed by atoms with Crippen molar-refractivity contribution in [2.75, 3.05) is 13.2 Å². The molecular weight excluding hydrogens is 244 g/mol. The minimum atomic E-state index is -0.808. The van der Waals surface area contributed by atoms with E-state index in [2.05, 4.69) is 5.32 Å². The molecule has 108 valence electrons. The van der Waals surface area contributed by atoms with Crippen LogP contribution in [-0.2, 0) is 14.3 Å². The number of nitrogens with one attached hydrogen (secondary N) is 1. The molecule has 2 aliphatic rings. The quantitative estimate of drug-likeness (QED) is 0.833. The van der Waals surface area contributed by atoms with E-state index in [0.29, 0.717) is 13.0 Å². The van der Waals surface area contributed by atoms with Gasteiger partial charge in [0.2, 0.25) is 11.8 Å². The van der Waals surface area contributed by atoms with E-state index >= 15 is 0 Å². The van der Waals surface area contributed by atoms with Crippen molar-refractivity contribution < 1.29 is 14.3 Å². The topological polar surface area (TPSA) is 58.6 Å². The lowest BCUT2D eigenvalue weighted by Gasteiger charge is -2.44. The van der Waals surface area contributed by atoms with Gasteiger partial charge in [0.05, 0.1) is 6.10 Å². The first-order chi connectivity index (χ1) is 8.95. The summed E-state index contributed by atoms with van der Waals surface area (Å²) in [5, 5.41) is 2.80. The zero-order valence-corrected chi connectivity index (χ0v) is 12.1. The molecule has 2 aliphatic heterocycles. The molecule has 2 rings (SSSR count). The molecule has 2 atom stereocenters. The average molecular weight is 268 g/mol. The highest BCUT2D eigenvalue weighted by Gasteiger charge is 2.45. The highest BCUT2D eigenvalue weighted by atomic mass is 16.5. The van der Waals surface area contributed by atoms with Crippen LogP contribution in [0.25, 0.3) is 0 Å². The van der Waals surface area contributed by atoms with Crippen LogP contribution < -0.4 is 5.32 Å². The standard InChI is InChI=1S/C14H24N2O3/c1-4-11-12(17)15-14(2,3)13(18)16(11)9-10-7-5-6-8-19-10/h10-11H,4-9H2,1-3H3,(H,15,17). The van der Waals surface area contributed by atoms with E-state index in [1.54, 1.807) is 18.7 Å². The monoisotopic (exact) mass is 268 g/mol. The van der Waals surface area contributed by atoms with Gasteiger partial charge in [0, 0.05) is 13.2 Å². The zero-order valence-electron chi connectivity index (χ0n) is 12.1. The van der Waals surface area contributed by atoms with Crippen LogP contribution in [0.3, 0.4) is 0 Å². The fraction of sp³-hybridized carbons (Fsp3) is 0.857. The van der Waals surface area contributed by atoms with E-state index in [4.69, 9.17) is 4.74 Å². The zero-order chi connectivity index (χ0) is 14.0. The molecule has 2 unspecified atom stereocenters. The minimum absolute atomic E-state index is 0.00637. The fourth-order valence-electron chi connectivity index (χ4n) is 2.87. The van der Waals surface area contributed by atoms with E-state index in [0.717, 1.165) is 25.9 Å². The van der Waals surface area contributed by atoms with Crippen molar-refractivity contribution in [2.24, 2.45) is 0 Å². The second kappa shape index (κ2) is 5.49. The van der Waals surface area contributed by atoms with Gasteiger partial charge >= 0.3 is 0 Å². The first kappa shape index (κ1) is 14.3. The largest absolute Gasteiger partial charge is 0.376 e. The Morgan fingerprint density at radius 2 is 2.11 bits per heavy atom. The third-order valence-electron chi connectivity index (χ3n) is 3.97. The number of carbonyl (C=O) groups excluding carboxylic acids is 2. The summed E-state index contributed by atoms with van der Waals surface area (Å²) in [6.45, 7) is 6.75. The number of piperazine rings is 1. The van der Waals surface area contributed by atoms with Crippen LogP contribution >= 0.6 is 0 Å². The molecule has 2 fully saturated rings. The van der Waals surface area contributed by atoms with E-state index in [-0.39, 0.29) is 24.0 Å². The normalized spacial score (nSPS) is 31.2. The van der Waals surface area contributed by atoms with Crippen LogP contribution in [-0.4, -0.2) is 47.6 Å². The number of amides is 2. The highest BCUT2D eigenvalue weighted by molar-refractivity contribution is 5.99. The van der Waals surface area contributed by atoms with Gasteiger partial charge in [0.1, 0.15) is 11.6 Å². The van der Waals surface area contributed by atoms with Crippen molar-refractivity contribution in [2.45, 2.75) is 64.1 Å².